The van der Waals surface area contributed by atoms with E-state index in [0.29, 0.717) is 30.5 Å². The van der Waals surface area contributed by atoms with Crippen molar-refractivity contribution in [3.8, 4) is 0 Å². The van der Waals surface area contributed by atoms with Gasteiger partial charge in [-0.1, -0.05) is 5.16 Å². The van der Waals surface area contributed by atoms with Crippen LogP contribution in [-0.4, -0.2) is 52.1 Å². The van der Waals surface area contributed by atoms with Crippen molar-refractivity contribution in [1.82, 2.24) is 20.0 Å². The summed E-state index contributed by atoms with van der Waals surface area (Å²) in [5.41, 5.74) is 0. The molecule has 2 aromatic rings. The standard InChI is InChI=1S/C15H20N6O2/c1-10-8-14(19-23-10)18-13-9-15(17-11(2)16-13)21-6-4-20(5-7-21)12(3)22/h8-9H,4-7H2,1-3H3,(H,16,17,18,19). The first kappa shape index (κ1) is 15.3. The number of amides is 1. The highest BCUT2D eigenvalue weighted by Crippen LogP contribution is 2.20. The summed E-state index contributed by atoms with van der Waals surface area (Å²) in [6, 6.07) is 3.70. The van der Waals surface area contributed by atoms with Crippen LogP contribution in [0.2, 0.25) is 0 Å². The summed E-state index contributed by atoms with van der Waals surface area (Å²) in [7, 11) is 0. The average molecular weight is 316 g/mol. The van der Waals surface area contributed by atoms with Crippen LogP contribution in [-0.2, 0) is 4.79 Å². The van der Waals surface area contributed by atoms with E-state index >= 15 is 0 Å². The van der Waals surface area contributed by atoms with Crippen LogP contribution in [0.1, 0.15) is 18.5 Å². The number of rotatable bonds is 3. The Balaban J connectivity index is 1.74. The third-order valence-electron chi connectivity index (χ3n) is 3.76. The van der Waals surface area contributed by atoms with Crippen molar-refractivity contribution in [1.29, 1.82) is 0 Å². The summed E-state index contributed by atoms with van der Waals surface area (Å²) in [6.45, 7) is 8.24. The Hall–Kier alpha value is -2.64. The highest BCUT2D eigenvalue weighted by atomic mass is 16.5. The Morgan fingerprint density at radius 2 is 1.87 bits per heavy atom. The zero-order valence-corrected chi connectivity index (χ0v) is 13.5. The van der Waals surface area contributed by atoms with E-state index in [-0.39, 0.29) is 5.91 Å². The fraction of sp³-hybridized carbons (Fsp3) is 0.467. The molecule has 0 radical (unpaired) electrons. The molecule has 3 rings (SSSR count). The topological polar surface area (TPSA) is 87.4 Å². The molecule has 0 saturated carbocycles. The van der Waals surface area contributed by atoms with E-state index in [4.69, 9.17) is 4.52 Å². The van der Waals surface area contributed by atoms with Gasteiger partial charge in [0.1, 0.15) is 23.2 Å². The summed E-state index contributed by atoms with van der Waals surface area (Å²) in [5.74, 6) is 3.68. The van der Waals surface area contributed by atoms with Gasteiger partial charge in [-0.15, -0.1) is 0 Å². The van der Waals surface area contributed by atoms with Crippen LogP contribution in [0.5, 0.6) is 0 Å². The van der Waals surface area contributed by atoms with Crippen LogP contribution in [0.25, 0.3) is 0 Å². The highest BCUT2D eigenvalue weighted by molar-refractivity contribution is 5.73. The Bertz CT molecular complexity index is 706. The smallest absolute Gasteiger partial charge is 0.219 e. The van der Waals surface area contributed by atoms with E-state index in [2.05, 4.69) is 25.3 Å². The Kier molecular flexibility index (Phi) is 4.14. The number of aryl methyl sites for hydroxylation is 2. The van der Waals surface area contributed by atoms with Crippen molar-refractivity contribution in [2.45, 2.75) is 20.8 Å². The molecule has 1 N–H and O–H groups in total. The van der Waals surface area contributed by atoms with Gasteiger partial charge in [0, 0.05) is 45.2 Å². The number of hydrogen-bond acceptors (Lipinski definition) is 7. The van der Waals surface area contributed by atoms with E-state index in [9.17, 15) is 4.79 Å². The van der Waals surface area contributed by atoms with E-state index in [1.807, 2.05) is 30.9 Å². The van der Waals surface area contributed by atoms with Gasteiger partial charge in [-0.25, -0.2) is 9.97 Å². The number of carbonyl (C=O) groups is 1. The zero-order valence-electron chi connectivity index (χ0n) is 13.5. The third kappa shape index (κ3) is 3.58. The van der Waals surface area contributed by atoms with Gasteiger partial charge in [0.05, 0.1) is 0 Å². The van der Waals surface area contributed by atoms with Crippen molar-refractivity contribution in [3.63, 3.8) is 0 Å². The minimum atomic E-state index is 0.118. The fourth-order valence-electron chi connectivity index (χ4n) is 2.58. The predicted octanol–water partition coefficient (Wildman–Crippen LogP) is 1.49. The highest BCUT2D eigenvalue weighted by Gasteiger charge is 2.20. The number of nitrogens with zero attached hydrogens (tertiary/aromatic N) is 5. The molecule has 8 heteroatoms. The van der Waals surface area contributed by atoms with Gasteiger partial charge in [0.2, 0.25) is 5.91 Å². The fourth-order valence-corrected chi connectivity index (χ4v) is 2.58. The summed E-state index contributed by atoms with van der Waals surface area (Å²) >= 11 is 0. The monoisotopic (exact) mass is 316 g/mol. The molecule has 1 fully saturated rings. The molecule has 8 nitrogen and oxygen atoms in total. The maximum Gasteiger partial charge on any atom is 0.219 e. The molecule has 1 saturated heterocycles. The molecule has 0 bridgehead atoms. The normalized spacial score (nSPS) is 14.9. The van der Waals surface area contributed by atoms with Crippen LogP contribution in [0.4, 0.5) is 17.5 Å². The van der Waals surface area contributed by atoms with Gasteiger partial charge in [0.25, 0.3) is 0 Å². The number of piperazine rings is 1. The first-order valence-corrected chi connectivity index (χ1v) is 7.58. The average Bonchev–Trinajstić information content (AvgIpc) is 2.92. The molecule has 2 aromatic heterocycles. The minimum Gasteiger partial charge on any atom is -0.360 e. The summed E-state index contributed by atoms with van der Waals surface area (Å²) in [6.07, 6.45) is 0. The molecule has 1 amide bonds. The third-order valence-corrected chi connectivity index (χ3v) is 3.76. The van der Waals surface area contributed by atoms with E-state index < -0.39 is 0 Å². The van der Waals surface area contributed by atoms with Gasteiger partial charge >= 0.3 is 0 Å². The van der Waals surface area contributed by atoms with Gasteiger partial charge in [-0.05, 0) is 13.8 Å². The maximum absolute atomic E-state index is 11.4. The van der Waals surface area contributed by atoms with Crippen molar-refractivity contribution < 1.29 is 9.32 Å². The molecule has 0 aliphatic carbocycles. The number of carbonyl (C=O) groups excluding carboxylic acids is 1. The number of nitrogens with one attached hydrogen (secondary N) is 1. The van der Waals surface area contributed by atoms with Crippen molar-refractivity contribution in [2.75, 3.05) is 36.4 Å². The number of aromatic nitrogens is 3. The van der Waals surface area contributed by atoms with E-state index in [1.54, 1.807) is 6.92 Å². The lowest BCUT2D eigenvalue weighted by atomic mass is 10.3. The van der Waals surface area contributed by atoms with Crippen molar-refractivity contribution >= 4 is 23.4 Å². The lowest BCUT2D eigenvalue weighted by Gasteiger charge is -2.35. The Morgan fingerprint density at radius 3 is 2.48 bits per heavy atom. The second-order valence-corrected chi connectivity index (χ2v) is 5.60. The molecule has 0 unspecified atom stereocenters. The molecule has 3 heterocycles. The lowest BCUT2D eigenvalue weighted by molar-refractivity contribution is -0.129. The lowest BCUT2D eigenvalue weighted by Crippen LogP contribution is -2.48. The van der Waals surface area contributed by atoms with Gasteiger partial charge in [-0.2, -0.15) is 0 Å². The quantitative estimate of drug-likeness (QED) is 0.918. The van der Waals surface area contributed by atoms with Crippen LogP contribution in [0, 0.1) is 13.8 Å². The molecule has 23 heavy (non-hydrogen) atoms. The predicted molar refractivity (Wildman–Crippen MR) is 85.8 cm³/mol. The van der Waals surface area contributed by atoms with Crippen molar-refractivity contribution in [3.05, 3.63) is 23.7 Å². The first-order chi connectivity index (χ1) is 11.0. The second-order valence-electron chi connectivity index (χ2n) is 5.60. The molecule has 122 valence electrons. The van der Waals surface area contributed by atoms with Gasteiger partial charge in [-0.3, -0.25) is 4.79 Å². The van der Waals surface area contributed by atoms with Crippen LogP contribution in [0.3, 0.4) is 0 Å². The molecule has 0 atom stereocenters. The van der Waals surface area contributed by atoms with Crippen LogP contribution >= 0.6 is 0 Å². The Morgan fingerprint density at radius 1 is 1.13 bits per heavy atom. The van der Waals surface area contributed by atoms with E-state index in [1.165, 1.54) is 0 Å². The Labute approximate surface area is 134 Å². The molecular weight excluding hydrogens is 296 g/mol. The largest absolute Gasteiger partial charge is 0.360 e. The summed E-state index contributed by atoms with van der Waals surface area (Å²) in [4.78, 5) is 24.3. The zero-order chi connectivity index (χ0) is 16.4. The van der Waals surface area contributed by atoms with Gasteiger partial charge in [0.15, 0.2) is 5.82 Å². The molecular formula is C15H20N6O2. The van der Waals surface area contributed by atoms with Crippen LogP contribution in [0.15, 0.2) is 16.7 Å². The first-order valence-electron chi connectivity index (χ1n) is 7.58. The number of anilines is 3. The molecule has 0 aromatic carbocycles. The summed E-state index contributed by atoms with van der Waals surface area (Å²) < 4.78 is 5.04. The second kappa shape index (κ2) is 6.23. The summed E-state index contributed by atoms with van der Waals surface area (Å²) in [5, 5.41) is 7.03. The molecule has 1 aliphatic rings. The van der Waals surface area contributed by atoms with E-state index in [0.717, 1.165) is 24.7 Å². The van der Waals surface area contributed by atoms with Gasteiger partial charge < -0.3 is 19.6 Å². The van der Waals surface area contributed by atoms with Crippen molar-refractivity contribution in [2.24, 2.45) is 0 Å². The maximum atomic E-state index is 11.4. The molecule has 0 spiro atoms. The molecule has 1 aliphatic heterocycles. The SMILES string of the molecule is CC(=O)N1CCN(c2cc(Nc3cc(C)on3)nc(C)n2)CC1. The number of hydrogen-bond donors (Lipinski definition) is 1. The van der Waals surface area contributed by atoms with Crippen LogP contribution < -0.4 is 10.2 Å². The minimum absolute atomic E-state index is 0.118.